The average molecular weight is 289 g/mol. The van der Waals surface area contributed by atoms with Crippen molar-refractivity contribution in [3.63, 3.8) is 0 Å². The van der Waals surface area contributed by atoms with Crippen molar-refractivity contribution < 1.29 is 29.7 Å². The third-order valence-electron chi connectivity index (χ3n) is 3.15. The monoisotopic (exact) mass is 289 g/mol. The Bertz CT molecular complexity index is 415. The Morgan fingerprint density at radius 1 is 1.30 bits per heavy atom. The number of aliphatic hydroxyl groups excluding tert-OH is 2. The number of amides is 3. The van der Waals surface area contributed by atoms with Crippen molar-refractivity contribution >= 4 is 17.7 Å². The zero-order valence-corrected chi connectivity index (χ0v) is 11.0. The topological polar surface area (TPSA) is 162 Å². The number of hydrogen-bond donors (Lipinski definition) is 6. The van der Waals surface area contributed by atoms with Crippen LogP contribution in [0, 0.1) is 0 Å². The van der Waals surface area contributed by atoms with Gasteiger partial charge in [0.1, 0.15) is 11.7 Å². The Morgan fingerprint density at radius 3 is 2.40 bits per heavy atom. The molecule has 0 aromatic carbocycles. The van der Waals surface area contributed by atoms with Crippen LogP contribution in [0.2, 0.25) is 0 Å². The molecule has 1 saturated carbocycles. The summed E-state index contributed by atoms with van der Waals surface area (Å²) in [6.45, 7) is 0.754. The van der Waals surface area contributed by atoms with Gasteiger partial charge in [-0.25, -0.2) is 0 Å². The lowest BCUT2D eigenvalue weighted by atomic mass is 9.77. The van der Waals surface area contributed by atoms with Gasteiger partial charge in [0.25, 0.3) is 5.91 Å². The Labute approximate surface area is 115 Å². The fourth-order valence-corrected chi connectivity index (χ4v) is 2.22. The molecule has 9 heteroatoms. The molecule has 0 radical (unpaired) electrons. The van der Waals surface area contributed by atoms with Gasteiger partial charge in [-0.05, 0) is 0 Å². The van der Waals surface area contributed by atoms with E-state index in [0.717, 1.165) is 0 Å². The minimum absolute atomic E-state index is 0.282. The highest BCUT2D eigenvalue weighted by Gasteiger charge is 2.48. The van der Waals surface area contributed by atoms with Crippen LogP contribution in [0.4, 0.5) is 0 Å². The van der Waals surface area contributed by atoms with Crippen molar-refractivity contribution in [3.05, 3.63) is 0 Å². The van der Waals surface area contributed by atoms with Crippen molar-refractivity contribution in [1.29, 1.82) is 0 Å². The number of aliphatic hydroxyl groups is 3. The SMILES string of the molecule is CC(=O)NC1CC(O)(C(=O)NCC(N)=O)CC(O)C1O. The van der Waals surface area contributed by atoms with E-state index in [1.54, 1.807) is 0 Å². The maximum atomic E-state index is 11.8. The molecule has 3 amide bonds. The first-order valence-corrected chi connectivity index (χ1v) is 6.08. The van der Waals surface area contributed by atoms with Crippen LogP contribution in [0.25, 0.3) is 0 Å². The molecule has 1 rings (SSSR count). The molecule has 20 heavy (non-hydrogen) atoms. The minimum atomic E-state index is -2.00. The van der Waals surface area contributed by atoms with Crippen molar-refractivity contribution in [2.45, 2.75) is 43.6 Å². The highest BCUT2D eigenvalue weighted by Crippen LogP contribution is 2.29. The summed E-state index contributed by atoms with van der Waals surface area (Å²) < 4.78 is 0. The molecule has 0 bridgehead atoms. The van der Waals surface area contributed by atoms with E-state index in [0.29, 0.717) is 0 Å². The lowest BCUT2D eigenvalue weighted by Crippen LogP contribution is -2.63. The molecule has 0 aromatic heterocycles. The first-order valence-electron chi connectivity index (χ1n) is 6.08. The van der Waals surface area contributed by atoms with E-state index in [2.05, 4.69) is 10.6 Å². The predicted molar refractivity (Wildman–Crippen MR) is 66.0 cm³/mol. The van der Waals surface area contributed by atoms with Gasteiger partial charge in [0.2, 0.25) is 11.8 Å². The molecule has 0 aromatic rings. The molecule has 0 spiro atoms. The lowest BCUT2D eigenvalue weighted by molar-refractivity contribution is -0.159. The Hall–Kier alpha value is -1.71. The van der Waals surface area contributed by atoms with Crippen LogP contribution in [0.5, 0.6) is 0 Å². The fraction of sp³-hybridized carbons (Fsp3) is 0.727. The highest BCUT2D eigenvalue weighted by atomic mass is 16.3. The second-order valence-corrected chi connectivity index (χ2v) is 4.95. The van der Waals surface area contributed by atoms with E-state index < -0.39 is 54.5 Å². The zero-order chi connectivity index (χ0) is 15.5. The smallest absolute Gasteiger partial charge is 0.252 e. The van der Waals surface area contributed by atoms with Gasteiger partial charge in [-0.15, -0.1) is 0 Å². The van der Waals surface area contributed by atoms with Gasteiger partial charge in [-0.2, -0.15) is 0 Å². The van der Waals surface area contributed by atoms with Gasteiger partial charge in [-0.1, -0.05) is 0 Å². The van der Waals surface area contributed by atoms with Crippen molar-refractivity contribution in [2.24, 2.45) is 5.73 Å². The molecular weight excluding hydrogens is 270 g/mol. The van der Waals surface area contributed by atoms with Crippen LogP contribution in [0.1, 0.15) is 19.8 Å². The molecule has 1 fully saturated rings. The third-order valence-corrected chi connectivity index (χ3v) is 3.15. The number of carbonyl (C=O) groups is 3. The number of primary amides is 1. The number of carbonyl (C=O) groups excluding carboxylic acids is 3. The quantitative estimate of drug-likeness (QED) is 0.312. The lowest BCUT2D eigenvalue weighted by Gasteiger charge is -2.41. The highest BCUT2D eigenvalue weighted by molar-refractivity contribution is 5.89. The van der Waals surface area contributed by atoms with E-state index in [4.69, 9.17) is 5.73 Å². The van der Waals surface area contributed by atoms with Crippen LogP contribution < -0.4 is 16.4 Å². The van der Waals surface area contributed by atoms with Crippen molar-refractivity contribution in [2.75, 3.05) is 6.54 Å². The first kappa shape index (κ1) is 16.3. The minimum Gasteiger partial charge on any atom is -0.390 e. The zero-order valence-electron chi connectivity index (χ0n) is 11.0. The van der Waals surface area contributed by atoms with Gasteiger partial charge >= 0.3 is 0 Å². The van der Waals surface area contributed by atoms with Gasteiger partial charge in [0.15, 0.2) is 0 Å². The van der Waals surface area contributed by atoms with E-state index in [9.17, 15) is 29.7 Å². The molecule has 4 unspecified atom stereocenters. The van der Waals surface area contributed by atoms with E-state index in [1.165, 1.54) is 6.92 Å². The van der Waals surface area contributed by atoms with E-state index >= 15 is 0 Å². The summed E-state index contributed by atoms with van der Waals surface area (Å²) in [4.78, 5) is 33.4. The predicted octanol–water partition coefficient (Wildman–Crippen LogP) is -3.66. The third kappa shape index (κ3) is 3.89. The summed E-state index contributed by atoms with van der Waals surface area (Å²) in [6, 6.07) is -0.972. The molecule has 0 heterocycles. The molecule has 0 saturated heterocycles. The molecule has 1 aliphatic carbocycles. The standard InChI is InChI=1S/C11H19N3O6/c1-5(15)14-6-2-11(20,3-7(16)9(6)18)10(19)13-4-8(12)17/h6-7,9,16,18,20H,2-4H2,1H3,(H2,12,17)(H,13,19)(H,14,15). The van der Waals surface area contributed by atoms with Gasteiger partial charge in [-0.3, -0.25) is 14.4 Å². The molecule has 4 atom stereocenters. The average Bonchev–Trinajstić information content (AvgIpc) is 2.31. The Balaban J connectivity index is 2.80. The van der Waals surface area contributed by atoms with Crippen LogP contribution >= 0.6 is 0 Å². The Morgan fingerprint density at radius 2 is 1.90 bits per heavy atom. The summed E-state index contributed by atoms with van der Waals surface area (Å²) in [6.07, 6.45) is -3.36. The first-order chi connectivity index (χ1) is 9.15. The molecule has 1 aliphatic rings. The summed E-state index contributed by atoms with van der Waals surface area (Å²) in [5, 5.41) is 34.2. The van der Waals surface area contributed by atoms with Crippen LogP contribution in [0.15, 0.2) is 0 Å². The number of rotatable bonds is 4. The van der Waals surface area contributed by atoms with Crippen molar-refractivity contribution in [3.8, 4) is 0 Å². The molecule has 7 N–H and O–H groups in total. The second kappa shape index (κ2) is 6.16. The molecular formula is C11H19N3O6. The summed E-state index contributed by atoms with van der Waals surface area (Å²) in [7, 11) is 0. The fourth-order valence-electron chi connectivity index (χ4n) is 2.22. The van der Waals surface area contributed by atoms with Gasteiger partial charge in [0, 0.05) is 19.8 Å². The van der Waals surface area contributed by atoms with E-state index in [-0.39, 0.29) is 6.42 Å². The maximum Gasteiger partial charge on any atom is 0.252 e. The molecule has 114 valence electrons. The molecule has 9 nitrogen and oxygen atoms in total. The summed E-state index contributed by atoms with van der Waals surface area (Å²) >= 11 is 0. The van der Waals surface area contributed by atoms with Crippen LogP contribution in [-0.4, -0.2) is 63.4 Å². The second-order valence-electron chi connectivity index (χ2n) is 4.95. The number of nitrogens with one attached hydrogen (secondary N) is 2. The Kier molecular flexibility index (Phi) is 5.03. The summed E-state index contributed by atoms with van der Waals surface area (Å²) in [5.41, 5.74) is 2.88. The largest absolute Gasteiger partial charge is 0.390 e. The van der Waals surface area contributed by atoms with Gasteiger partial charge in [0.05, 0.1) is 18.7 Å². The van der Waals surface area contributed by atoms with Crippen LogP contribution in [-0.2, 0) is 14.4 Å². The van der Waals surface area contributed by atoms with E-state index in [1.807, 2.05) is 0 Å². The summed E-state index contributed by atoms with van der Waals surface area (Å²) in [5.74, 6) is -2.14. The normalized spacial score (nSPS) is 33.3. The maximum absolute atomic E-state index is 11.8. The van der Waals surface area contributed by atoms with Crippen molar-refractivity contribution in [1.82, 2.24) is 10.6 Å². The number of hydrogen-bond acceptors (Lipinski definition) is 6. The van der Waals surface area contributed by atoms with Gasteiger partial charge < -0.3 is 31.7 Å². The van der Waals surface area contributed by atoms with Crippen LogP contribution in [0.3, 0.4) is 0 Å². The number of nitrogens with two attached hydrogens (primary N) is 1. The molecule has 0 aliphatic heterocycles.